The number of aromatic hydroxyl groups is 1. The fourth-order valence-corrected chi connectivity index (χ4v) is 6.24. The summed E-state index contributed by atoms with van der Waals surface area (Å²) in [6.07, 6.45) is 29.2. The maximum Gasteiger partial charge on any atom is 0.122 e. The van der Waals surface area contributed by atoms with Crippen molar-refractivity contribution >= 4 is 11.8 Å². The first-order valence-corrected chi connectivity index (χ1v) is 16.7. The van der Waals surface area contributed by atoms with E-state index >= 15 is 0 Å². The highest BCUT2D eigenvalue weighted by molar-refractivity contribution is 8.00. The molecule has 0 amide bonds. The predicted octanol–water partition coefficient (Wildman–Crippen LogP) is 12.2. The van der Waals surface area contributed by atoms with E-state index in [-0.39, 0.29) is 4.75 Å². The van der Waals surface area contributed by atoms with E-state index in [4.69, 9.17) is 0 Å². The van der Waals surface area contributed by atoms with Crippen molar-refractivity contribution in [2.75, 3.05) is 0 Å². The average Bonchev–Trinajstić information content (AvgIpc) is 2.82. The van der Waals surface area contributed by atoms with Crippen LogP contribution in [0.2, 0.25) is 0 Å². The Morgan fingerprint density at radius 2 is 0.833 bits per heavy atom. The highest BCUT2D eigenvalue weighted by atomic mass is 32.2. The van der Waals surface area contributed by atoms with Gasteiger partial charge in [0.1, 0.15) is 5.75 Å². The zero-order chi connectivity index (χ0) is 26.5. The van der Waals surface area contributed by atoms with Crippen molar-refractivity contribution in [2.24, 2.45) is 0 Å². The molecule has 1 rings (SSSR count). The number of unbranched alkanes of at least 4 members (excludes halogenated alkanes) is 18. The molecule has 0 saturated carbocycles. The van der Waals surface area contributed by atoms with Crippen LogP contribution in [0.5, 0.6) is 5.75 Å². The lowest BCUT2D eigenvalue weighted by molar-refractivity contribution is 0.455. The monoisotopic (exact) mass is 518 g/mol. The lowest BCUT2D eigenvalue weighted by Crippen LogP contribution is -2.07. The molecule has 0 bridgehead atoms. The molecule has 1 nitrogen and oxygen atoms in total. The largest absolute Gasteiger partial charge is 0.507 e. The molecule has 0 unspecified atom stereocenters. The van der Waals surface area contributed by atoms with Crippen molar-refractivity contribution in [3.05, 3.63) is 23.3 Å². The number of hydrogen-bond donors (Lipinski definition) is 1. The Balaban J connectivity index is 2.43. The highest BCUT2D eigenvalue weighted by Gasteiger charge is 2.16. The Hall–Kier alpha value is -0.630. The lowest BCUT2D eigenvalue weighted by atomic mass is 9.98. The number of benzene rings is 1. The summed E-state index contributed by atoms with van der Waals surface area (Å²) >= 11 is 1.94. The van der Waals surface area contributed by atoms with E-state index in [0.29, 0.717) is 5.75 Å². The maximum atomic E-state index is 11.1. The molecule has 36 heavy (non-hydrogen) atoms. The third kappa shape index (κ3) is 17.8. The fourth-order valence-electron chi connectivity index (χ4n) is 5.13. The van der Waals surface area contributed by atoms with E-state index in [1.807, 2.05) is 11.8 Å². The van der Waals surface area contributed by atoms with Gasteiger partial charge < -0.3 is 5.11 Å². The SMILES string of the molecule is CCCCCCCCCCCCc1cc(SC(C)(C)C)cc(CCCCCCCCCCCC)c1O. The zero-order valence-corrected chi connectivity index (χ0v) is 25.9. The standard InChI is InChI=1S/C34H62OS/c1-6-8-10-12-14-16-18-20-22-24-26-30-28-32(36-34(3,4)5)29-31(33(30)35)27-25-23-21-19-17-15-13-11-9-7-2/h28-29,35H,6-27H2,1-5H3. The van der Waals surface area contributed by atoms with Gasteiger partial charge in [0.05, 0.1) is 0 Å². The third-order valence-corrected chi connectivity index (χ3v) is 8.35. The summed E-state index contributed by atoms with van der Waals surface area (Å²) in [4.78, 5) is 1.34. The topological polar surface area (TPSA) is 20.2 Å². The molecule has 1 aromatic carbocycles. The molecule has 0 aliphatic heterocycles. The lowest BCUT2D eigenvalue weighted by Gasteiger charge is -2.20. The second-order valence-electron chi connectivity index (χ2n) is 12.2. The van der Waals surface area contributed by atoms with Gasteiger partial charge in [-0.05, 0) is 48.9 Å². The molecular weight excluding hydrogens is 456 g/mol. The van der Waals surface area contributed by atoms with Gasteiger partial charge in [0.25, 0.3) is 0 Å². The molecular formula is C34H62OS. The maximum absolute atomic E-state index is 11.1. The summed E-state index contributed by atoms with van der Waals surface area (Å²) in [7, 11) is 0. The smallest absolute Gasteiger partial charge is 0.122 e. The molecule has 0 saturated heterocycles. The number of phenolic OH excluding ortho intramolecular Hbond substituents is 1. The third-order valence-electron chi connectivity index (χ3n) is 7.26. The Morgan fingerprint density at radius 3 is 1.14 bits per heavy atom. The summed E-state index contributed by atoms with van der Waals surface area (Å²) in [5.74, 6) is 0.597. The van der Waals surface area contributed by atoms with Gasteiger partial charge in [0.15, 0.2) is 0 Å². The van der Waals surface area contributed by atoms with Crippen LogP contribution in [0, 0.1) is 0 Å². The van der Waals surface area contributed by atoms with Gasteiger partial charge in [0, 0.05) is 9.64 Å². The van der Waals surface area contributed by atoms with Crippen LogP contribution >= 0.6 is 11.8 Å². The summed E-state index contributed by atoms with van der Waals surface area (Å²) in [5, 5.41) is 11.1. The van der Waals surface area contributed by atoms with E-state index in [2.05, 4.69) is 46.8 Å². The number of thioether (sulfide) groups is 1. The zero-order valence-electron chi connectivity index (χ0n) is 25.1. The number of rotatable bonds is 23. The van der Waals surface area contributed by atoms with Crippen LogP contribution in [0.25, 0.3) is 0 Å². The summed E-state index contributed by atoms with van der Waals surface area (Å²) < 4.78 is 0.194. The molecule has 0 fully saturated rings. The highest BCUT2D eigenvalue weighted by Crippen LogP contribution is 2.37. The molecule has 0 spiro atoms. The van der Waals surface area contributed by atoms with Crippen LogP contribution in [-0.2, 0) is 12.8 Å². The van der Waals surface area contributed by atoms with Crippen molar-refractivity contribution in [3.8, 4) is 5.75 Å². The Morgan fingerprint density at radius 1 is 0.528 bits per heavy atom. The Bertz CT molecular complexity index is 600. The summed E-state index contributed by atoms with van der Waals surface area (Å²) in [6, 6.07) is 4.56. The van der Waals surface area contributed by atoms with Crippen LogP contribution in [0.1, 0.15) is 174 Å². The minimum absolute atomic E-state index is 0.194. The van der Waals surface area contributed by atoms with Crippen molar-refractivity contribution in [2.45, 2.75) is 186 Å². The molecule has 0 aliphatic carbocycles. The fraction of sp³-hybridized carbons (Fsp3) is 0.824. The van der Waals surface area contributed by atoms with E-state index < -0.39 is 0 Å². The van der Waals surface area contributed by atoms with Crippen molar-refractivity contribution in [1.82, 2.24) is 0 Å². The molecule has 0 heterocycles. The van der Waals surface area contributed by atoms with Gasteiger partial charge in [-0.15, -0.1) is 11.8 Å². The normalized spacial score (nSPS) is 11.9. The van der Waals surface area contributed by atoms with Gasteiger partial charge >= 0.3 is 0 Å². The van der Waals surface area contributed by atoms with Crippen molar-refractivity contribution < 1.29 is 5.11 Å². The minimum Gasteiger partial charge on any atom is -0.507 e. The molecule has 1 aromatic rings. The van der Waals surface area contributed by atoms with Crippen LogP contribution in [0.3, 0.4) is 0 Å². The second kappa shape index (κ2) is 21.3. The number of aryl methyl sites for hydroxylation is 2. The Labute approximate surface area is 231 Å². The first kappa shape index (κ1) is 33.4. The predicted molar refractivity (Wildman–Crippen MR) is 165 cm³/mol. The summed E-state index contributed by atoms with van der Waals surface area (Å²) in [6.45, 7) is 11.4. The van der Waals surface area contributed by atoms with Crippen LogP contribution in [0.15, 0.2) is 17.0 Å². The molecule has 210 valence electrons. The van der Waals surface area contributed by atoms with Gasteiger partial charge in [-0.3, -0.25) is 0 Å². The summed E-state index contributed by atoms with van der Waals surface area (Å²) in [5.41, 5.74) is 2.37. The average molecular weight is 519 g/mol. The van der Waals surface area contributed by atoms with E-state index in [1.165, 1.54) is 144 Å². The molecule has 1 N–H and O–H groups in total. The molecule has 0 aromatic heterocycles. The van der Waals surface area contributed by atoms with E-state index in [9.17, 15) is 5.11 Å². The first-order chi connectivity index (χ1) is 17.4. The molecule has 0 radical (unpaired) electrons. The number of hydrogen-bond acceptors (Lipinski definition) is 2. The second-order valence-corrected chi connectivity index (χ2v) is 14.1. The molecule has 0 atom stereocenters. The van der Waals surface area contributed by atoms with Crippen molar-refractivity contribution in [3.63, 3.8) is 0 Å². The van der Waals surface area contributed by atoms with Crippen LogP contribution in [0.4, 0.5) is 0 Å². The van der Waals surface area contributed by atoms with Gasteiger partial charge in [-0.2, -0.15) is 0 Å². The first-order valence-electron chi connectivity index (χ1n) is 15.9. The number of phenols is 1. The Kier molecular flexibility index (Phi) is 19.8. The van der Waals surface area contributed by atoms with E-state index in [0.717, 1.165) is 12.8 Å². The quantitative estimate of drug-likeness (QED) is 0.115. The van der Waals surface area contributed by atoms with Gasteiger partial charge in [0.2, 0.25) is 0 Å². The van der Waals surface area contributed by atoms with Crippen LogP contribution in [-0.4, -0.2) is 9.85 Å². The van der Waals surface area contributed by atoms with E-state index in [1.54, 1.807) is 0 Å². The van der Waals surface area contributed by atoms with Crippen LogP contribution < -0.4 is 0 Å². The molecule has 2 heteroatoms. The van der Waals surface area contributed by atoms with Gasteiger partial charge in [-0.25, -0.2) is 0 Å². The van der Waals surface area contributed by atoms with Crippen molar-refractivity contribution in [1.29, 1.82) is 0 Å². The molecule has 0 aliphatic rings. The minimum atomic E-state index is 0.194. The van der Waals surface area contributed by atoms with Gasteiger partial charge in [-0.1, -0.05) is 150 Å².